The molecule has 1 unspecified atom stereocenters. The van der Waals surface area contributed by atoms with E-state index < -0.39 is 0 Å². The highest BCUT2D eigenvalue weighted by molar-refractivity contribution is 9.10. The number of rotatable bonds is 2. The molecule has 2 rings (SSSR count). The number of halogens is 2. The monoisotopic (exact) mass is 317 g/mol. The predicted octanol–water partition coefficient (Wildman–Crippen LogP) is 3.06. The van der Waals surface area contributed by atoms with Crippen molar-refractivity contribution in [2.24, 2.45) is 11.7 Å². The van der Waals surface area contributed by atoms with Crippen molar-refractivity contribution in [1.82, 2.24) is 4.98 Å². The number of nitrogens with zero attached hydrogens (tertiary/aromatic N) is 2. The highest BCUT2D eigenvalue weighted by Crippen LogP contribution is 2.30. The van der Waals surface area contributed by atoms with Gasteiger partial charge in [-0.15, -0.1) is 0 Å². The molecule has 1 aromatic heterocycles. The van der Waals surface area contributed by atoms with Gasteiger partial charge in [-0.05, 0) is 47.7 Å². The second-order valence-electron chi connectivity index (χ2n) is 4.64. The Kier molecular flexibility index (Phi) is 4.28. The van der Waals surface area contributed by atoms with Crippen LogP contribution >= 0.6 is 27.5 Å². The van der Waals surface area contributed by atoms with Crippen LogP contribution in [0.25, 0.3) is 0 Å². The van der Waals surface area contributed by atoms with E-state index in [4.69, 9.17) is 17.3 Å². The van der Waals surface area contributed by atoms with Crippen molar-refractivity contribution in [3.63, 3.8) is 0 Å². The lowest BCUT2D eigenvalue weighted by atomic mass is 9.91. The van der Waals surface area contributed by atoms with Crippen LogP contribution in [0.2, 0.25) is 5.02 Å². The van der Waals surface area contributed by atoms with Crippen LogP contribution in [-0.4, -0.2) is 24.1 Å². The number of nitrogens with two attached hydrogens (primary N) is 1. The Bertz CT molecular complexity index is 389. The molecule has 1 aliphatic heterocycles. The zero-order valence-electron chi connectivity index (χ0n) is 9.87. The molecule has 1 aliphatic rings. The molecule has 0 amide bonds. The molecular weight excluding hydrogens is 302 g/mol. The minimum atomic E-state index is 0.283. The van der Waals surface area contributed by atoms with Gasteiger partial charge in [0, 0.05) is 29.8 Å². The van der Waals surface area contributed by atoms with Crippen LogP contribution in [0, 0.1) is 5.92 Å². The largest absolute Gasteiger partial charge is 0.355 e. The molecule has 17 heavy (non-hydrogen) atoms. The van der Waals surface area contributed by atoms with Crippen LogP contribution < -0.4 is 10.6 Å². The van der Waals surface area contributed by atoms with Crippen molar-refractivity contribution in [1.29, 1.82) is 0 Å². The Morgan fingerprint density at radius 3 is 2.71 bits per heavy atom. The Labute approximate surface area is 115 Å². The number of piperidine rings is 1. The number of anilines is 1. The number of pyridine rings is 1. The summed E-state index contributed by atoms with van der Waals surface area (Å²) < 4.78 is 0.914. The fourth-order valence-corrected chi connectivity index (χ4v) is 3.03. The summed E-state index contributed by atoms with van der Waals surface area (Å²) in [7, 11) is 0. The molecular formula is C12H17BrClN3. The predicted molar refractivity (Wildman–Crippen MR) is 75.5 cm³/mol. The molecule has 1 saturated heterocycles. The highest BCUT2D eigenvalue weighted by Gasteiger charge is 2.23. The fourth-order valence-electron chi connectivity index (χ4n) is 2.28. The molecule has 2 heterocycles. The first-order valence-corrected chi connectivity index (χ1v) is 7.06. The minimum absolute atomic E-state index is 0.283. The van der Waals surface area contributed by atoms with Crippen molar-refractivity contribution in [3.05, 3.63) is 21.8 Å². The van der Waals surface area contributed by atoms with Gasteiger partial charge >= 0.3 is 0 Å². The van der Waals surface area contributed by atoms with Crippen molar-refractivity contribution in [2.45, 2.75) is 25.8 Å². The zero-order chi connectivity index (χ0) is 12.4. The molecule has 0 radical (unpaired) electrons. The summed E-state index contributed by atoms with van der Waals surface area (Å²) in [5, 5.41) is 0.707. The summed E-state index contributed by atoms with van der Waals surface area (Å²) in [5.41, 5.74) is 5.93. The van der Waals surface area contributed by atoms with E-state index in [0.717, 1.165) is 36.2 Å². The smallest absolute Gasteiger partial charge is 0.147 e. The summed E-state index contributed by atoms with van der Waals surface area (Å²) in [6.45, 7) is 4.06. The summed E-state index contributed by atoms with van der Waals surface area (Å²) in [5.74, 6) is 1.51. The molecule has 3 nitrogen and oxygen atoms in total. The maximum Gasteiger partial charge on any atom is 0.147 e. The lowest BCUT2D eigenvalue weighted by Crippen LogP contribution is -2.40. The average Bonchev–Trinajstić information content (AvgIpc) is 2.29. The molecule has 5 heteroatoms. The summed E-state index contributed by atoms with van der Waals surface area (Å²) in [6.07, 6.45) is 4.02. The van der Waals surface area contributed by atoms with E-state index in [1.54, 1.807) is 6.20 Å². The Balaban J connectivity index is 2.05. The van der Waals surface area contributed by atoms with Crippen LogP contribution in [0.5, 0.6) is 0 Å². The SMILES string of the molecule is CC(N)C1CCN(c2ncc(Br)cc2Cl)CC1. The zero-order valence-corrected chi connectivity index (χ0v) is 12.2. The molecule has 1 aromatic rings. The van der Waals surface area contributed by atoms with Crippen molar-refractivity contribution < 1.29 is 0 Å². The van der Waals surface area contributed by atoms with E-state index in [9.17, 15) is 0 Å². The standard InChI is InChI=1S/C12H17BrClN3/c1-8(15)9-2-4-17(5-3-9)12-11(14)6-10(13)7-16-12/h6-9H,2-5,15H2,1H3. The molecule has 1 fully saturated rings. The molecule has 0 aromatic carbocycles. The van der Waals surface area contributed by atoms with Gasteiger partial charge in [-0.1, -0.05) is 11.6 Å². The fraction of sp³-hybridized carbons (Fsp3) is 0.583. The number of hydrogen-bond acceptors (Lipinski definition) is 3. The van der Waals surface area contributed by atoms with E-state index in [2.05, 4.69) is 32.7 Å². The van der Waals surface area contributed by atoms with Gasteiger partial charge < -0.3 is 10.6 Å². The summed E-state index contributed by atoms with van der Waals surface area (Å²) >= 11 is 9.57. The number of aromatic nitrogens is 1. The molecule has 0 aliphatic carbocycles. The van der Waals surface area contributed by atoms with Crippen LogP contribution in [0.3, 0.4) is 0 Å². The Morgan fingerprint density at radius 2 is 2.18 bits per heavy atom. The van der Waals surface area contributed by atoms with Gasteiger partial charge in [-0.25, -0.2) is 4.98 Å². The van der Waals surface area contributed by atoms with E-state index in [0.29, 0.717) is 10.9 Å². The quantitative estimate of drug-likeness (QED) is 0.911. The Morgan fingerprint density at radius 1 is 1.53 bits per heavy atom. The van der Waals surface area contributed by atoms with Crippen LogP contribution in [-0.2, 0) is 0 Å². The first kappa shape index (κ1) is 13.1. The number of hydrogen-bond donors (Lipinski definition) is 1. The molecule has 1 atom stereocenters. The summed E-state index contributed by atoms with van der Waals surface area (Å²) in [4.78, 5) is 6.63. The van der Waals surface area contributed by atoms with E-state index in [-0.39, 0.29) is 6.04 Å². The van der Waals surface area contributed by atoms with E-state index in [1.165, 1.54) is 0 Å². The maximum absolute atomic E-state index is 6.20. The highest BCUT2D eigenvalue weighted by atomic mass is 79.9. The third-order valence-corrected chi connectivity index (χ3v) is 4.08. The topological polar surface area (TPSA) is 42.1 Å². The maximum atomic E-state index is 6.20. The first-order valence-electron chi connectivity index (χ1n) is 5.89. The van der Waals surface area contributed by atoms with Gasteiger partial charge in [-0.2, -0.15) is 0 Å². The van der Waals surface area contributed by atoms with Gasteiger partial charge in [0.1, 0.15) is 5.82 Å². The summed E-state index contributed by atoms with van der Waals surface area (Å²) in [6, 6.07) is 2.17. The molecule has 0 bridgehead atoms. The average molecular weight is 319 g/mol. The second kappa shape index (κ2) is 5.55. The molecule has 0 saturated carbocycles. The van der Waals surface area contributed by atoms with Crippen molar-refractivity contribution >= 4 is 33.3 Å². The molecule has 94 valence electrons. The molecule has 2 N–H and O–H groups in total. The van der Waals surface area contributed by atoms with Gasteiger partial charge in [0.15, 0.2) is 0 Å². The Hall–Kier alpha value is -0.320. The van der Waals surface area contributed by atoms with Gasteiger partial charge in [0.25, 0.3) is 0 Å². The normalized spacial score (nSPS) is 19.4. The lowest BCUT2D eigenvalue weighted by molar-refractivity contribution is 0.353. The van der Waals surface area contributed by atoms with Gasteiger partial charge in [0.05, 0.1) is 5.02 Å². The third-order valence-electron chi connectivity index (χ3n) is 3.37. The van der Waals surface area contributed by atoms with E-state index >= 15 is 0 Å². The van der Waals surface area contributed by atoms with Crippen LogP contribution in [0.1, 0.15) is 19.8 Å². The first-order chi connectivity index (χ1) is 8.08. The van der Waals surface area contributed by atoms with E-state index in [1.807, 2.05) is 6.07 Å². The lowest BCUT2D eigenvalue weighted by Gasteiger charge is -2.34. The van der Waals surface area contributed by atoms with Gasteiger partial charge in [0.2, 0.25) is 0 Å². The van der Waals surface area contributed by atoms with Crippen LogP contribution in [0.15, 0.2) is 16.7 Å². The molecule has 0 spiro atoms. The van der Waals surface area contributed by atoms with Gasteiger partial charge in [-0.3, -0.25) is 0 Å². The third kappa shape index (κ3) is 3.12. The van der Waals surface area contributed by atoms with Crippen molar-refractivity contribution in [2.75, 3.05) is 18.0 Å². The van der Waals surface area contributed by atoms with Crippen LogP contribution in [0.4, 0.5) is 5.82 Å². The minimum Gasteiger partial charge on any atom is -0.355 e. The van der Waals surface area contributed by atoms with Crippen molar-refractivity contribution in [3.8, 4) is 0 Å². The second-order valence-corrected chi connectivity index (χ2v) is 5.97.